The highest BCUT2D eigenvalue weighted by Gasteiger charge is 2.26. The van der Waals surface area contributed by atoms with Gasteiger partial charge in [-0.05, 0) is 13.8 Å². The molecule has 0 saturated carbocycles. The summed E-state index contributed by atoms with van der Waals surface area (Å²) in [5.74, 6) is -3.13. The Hall–Kier alpha value is -3.77. The lowest BCUT2D eigenvalue weighted by molar-refractivity contribution is -0.147. The predicted molar refractivity (Wildman–Crippen MR) is 199 cm³/mol. The van der Waals surface area contributed by atoms with E-state index in [0.29, 0.717) is 12.8 Å². The number of nitrogens with one attached hydrogen (secondary N) is 6. The summed E-state index contributed by atoms with van der Waals surface area (Å²) < 4.78 is 65.3. The zero-order valence-electron chi connectivity index (χ0n) is 33.4. The van der Waals surface area contributed by atoms with Gasteiger partial charge in [-0.2, -0.15) is 0 Å². The summed E-state index contributed by atoms with van der Waals surface area (Å²) in [6, 6.07) is -2.73. The molecule has 0 bridgehead atoms. The van der Waals surface area contributed by atoms with Gasteiger partial charge in [0.1, 0.15) is 12.2 Å². The van der Waals surface area contributed by atoms with E-state index in [0.717, 1.165) is 0 Å². The van der Waals surface area contributed by atoms with E-state index in [1.165, 1.54) is 27.7 Å². The summed E-state index contributed by atoms with van der Waals surface area (Å²) in [6.45, 7) is 4.66. The molecule has 0 radical (unpaired) electrons. The largest absolute Gasteiger partial charge is 0.472 e. The number of amides is 6. The van der Waals surface area contributed by atoms with Crippen molar-refractivity contribution in [3.63, 3.8) is 0 Å². The fourth-order valence-corrected chi connectivity index (χ4v) is 5.55. The van der Waals surface area contributed by atoms with E-state index >= 15 is 0 Å². The smallest absolute Gasteiger partial charge is 0.463 e. The van der Waals surface area contributed by atoms with Crippen molar-refractivity contribution in [2.45, 2.75) is 78.7 Å². The summed E-state index contributed by atoms with van der Waals surface area (Å²) in [5, 5.41) is 14.2. The molecule has 6 atom stereocenters. The lowest BCUT2D eigenvalue weighted by Crippen LogP contribution is -2.45. The number of hydrogen-bond acceptors (Lipinski definition) is 17. The van der Waals surface area contributed by atoms with Crippen LogP contribution in [0.3, 0.4) is 0 Å². The van der Waals surface area contributed by atoms with Crippen LogP contribution in [-0.4, -0.2) is 155 Å². The highest BCUT2D eigenvalue weighted by Crippen LogP contribution is 2.43. The molecule has 0 aromatic heterocycles. The quantitative estimate of drug-likeness (QED) is 0.0217. The van der Waals surface area contributed by atoms with Crippen LogP contribution < -0.4 is 31.9 Å². The molecule has 58 heavy (non-hydrogen) atoms. The molecule has 0 fully saturated rings. The first kappa shape index (κ1) is 54.2. The van der Waals surface area contributed by atoms with Gasteiger partial charge in [-0.3, -0.25) is 46.9 Å². The number of carbonyl (C=O) groups excluding carboxylic acids is 7. The first-order chi connectivity index (χ1) is 27.1. The van der Waals surface area contributed by atoms with Gasteiger partial charge in [0.25, 0.3) is 0 Å². The zero-order valence-corrected chi connectivity index (χ0v) is 35.2. The van der Waals surface area contributed by atoms with Gasteiger partial charge in [0.2, 0.25) is 23.6 Å². The molecule has 0 saturated heterocycles. The topological polar surface area (TPSA) is 340 Å². The van der Waals surface area contributed by atoms with Crippen LogP contribution in [0.1, 0.15) is 54.4 Å². The number of rotatable bonds is 32. The van der Waals surface area contributed by atoms with Crippen LogP contribution in [0.5, 0.6) is 0 Å². The second kappa shape index (κ2) is 30.3. The molecular weight excluding hydrogens is 822 g/mol. The van der Waals surface area contributed by atoms with Gasteiger partial charge in [0.15, 0.2) is 0 Å². The third-order valence-corrected chi connectivity index (χ3v) is 8.57. The van der Waals surface area contributed by atoms with Crippen molar-refractivity contribution in [3.8, 4) is 0 Å². The number of phosphoric ester groups is 2. The number of phosphoric acid groups is 2. The van der Waals surface area contributed by atoms with Crippen LogP contribution in [-0.2, 0) is 74.9 Å². The first-order valence-electron chi connectivity index (χ1n) is 17.9. The van der Waals surface area contributed by atoms with Gasteiger partial charge in [-0.25, -0.2) is 13.9 Å². The highest BCUT2D eigenvalue weighted by molar-refractivity contribution is 7.47. The molecule has 0 rings (SSSR count). The van der Waals surface area contributed by atoms with E-state index in [1.54, 1.807) is 13.8 Å². The van der Waals surface area contributed by atoms with Crippen molar-refractivity contribution < 1.29 is 89.5 Å². The van der Waals surface area contributed by atoms with E-state index in [2.05, 4.69) is 31.9 Å². The molecule has 6 amide bonds. The molecule has 0 spiro atoms. The standard InChI is InChI=1S/C31H58N6O19P2/c1-21(55-25(5)40)7-11-49-17-27(36-29(42)15-34-23(3)38)19-53-57(45,46)51-13-9-32-31(44)33-10-14-52-58(47,48)54-20-28(37-30(43)16-35-24(4)39)18-50-12-8-22(2)56-26(6)41/h21-22,27-28H,7-20H2,1-6H3,(H,34,38)(H,35,39)(H,36,42)(H,37,43)(H,45,46)(H,47,48)(H2,32,33,44)/t21-,22-,27-,28-/m1/s1. The molecule has 8 N–H and O–H groups in total. The predicted octanol–water partition coefficient (Wildman–Crippen LogP) is -1.49. The number of ether oxygens (including phenoxy) is 4. The van der Waals surface area contributed by atoms with E-state index < -0.39 is 108 Å². The fourth-order valence-electron chi connectivity index (χ4n) is 4.02. The Bertz CT molecular complexity index is 1310. The molecule has 0 aromatic carbocycles. The highest BCUT2D eigenvalue weighted by atomic mass is 31.2. The Morgan fingerprint density at radius 2 is 0.897 bits per heavy atom. The van der Waals surface area contributed by atoms with Gasteiger partial charge >= 0.3 is 33.6 Å². The van der Waals surface area contributed by atoms with Crippen LogP contribution >= 0.6 is 15.6 Å². The maximum atomic E-state index is 12.4. The number of carbonyl (C=O) groups is 7. The average Bonchev–Trinajstić information content (AvgIpc) is 3.11. The molecule has 0 aliphatic carbocycles. The Labute approximate surface area is 336 Å². The molecule has 336 valence electrons. The van der Waals surface area contributed by atoms with Crippen LogP contribution in [0.15, 0.2) is 0 Å². The summed E-state index contributed by atoms with van der Waals surface area (Å²) in [7, 11) is -9.41. The fraction of sp³-hybridized carbons (Fsp3) is 0.774. The van der Waals surface area contributed by atoms with Crippen molar-refractivity contribution in [2.75, 3.05) is 79.0 Å². The van der Waals surface area contributed by atoms with E-state index in [1.807, 2.05) is 0 Å². The summed E-state index contributed by atoms with van der Waals surface area (Å²) in [4.78, 5) is 101. The van der Waals surface area contributed by atoms with Crippen LogP contribution in [0.2, 0.25) is 0 Å². The van der Waals surface area contributed by atoms with E-state index in [4.69, 9.17) is 37.0 Å². The van der Waals surface area contributed by atoms with Crippen molar-refractivity contribution >= 4 is 57.2 Å². The lowest BCUT2D eigenvalue weighted by atomic mass is 10.3. The second-order valence-electron chi connectivity index (χ2n) is 12.3. The Kier molecular flexibility index (Phi) is 28.3. The van der Waals surface area contributed by atoms with Gasteiger partial charge < -0.3 is 60.6 Å². The SMILES string of the molecule is CC(=O)NCC(=O)N[C@H](COCC[C@@H](C)OC(C)=O)COP(=O)(O)OCCNC(=O)NCCOP(=O)(O)OC[C@@H](COCC[C@@H](C)OC(C)=O)NC(=O)CNC(C)=O. The minimum absolute atomic E-state index is 0.107. The van der Waals surface area contributed by atoms with Gasteiger partial charge in [0.05, 0.1) is 78.0 Å². The maximum Gasteiger partial charge on any atom is 0.472 e. The summed E-state index contributed by atoms with van der Waals surface area (Å²) >= 11 is 0. The number of urea groups is 1. The molecular formula is C31H58N6O19P2. The lowest BCUT2D eigenvalue weighted by Gasteiger charge is -2.21. The third-order valence-electron chi connectivity index (χ3n) is 6.60. The molecule has 0 aliphatic rings. The monoisotopic (exact) mass is 880 g/mol. The third kappa shape index (κ3) is 33.2. The van der Waals surface area contributed by atoms with E-state index in [-0.39, 0.29) is 52.6 Å². The van der Waals surface area contributed by atoms with Crippen LogP contribution in [0.25, 0.3) is 0 Å². The maximum absolute atomic E-state index is 12.4. The van der Waals surface area contributed by atoms with Crippen molar-refractivity contribution in [2.24, 2.45) is 0 Å². The number of hydrogen-bond donors (Lipinski definition) is 8. The Morgan fingerprint density at radius 1 is 0.534 bits per heavy atom. The molecule has 27 heteroatoms. The summed E-state index contributed by atoms with van der Waals surface area (Å²) in [5.41, 5.74) is 0. The van der Waals surface area contributed by atoms with Gasteiger partial charge in [-0.1, -0.05) is 0 Å². The Balaban J connectivity index is 4.71. The normalized spacial score (nSPS) is 15.2. The number of esters is 2. The van der Waals surface area contributed by atoms with Crippen LogP contribution in [0, 0.1) is 0 Å². The van der Waals surface area contributed by atoms with Gasteiger partial charge in [-0.15, -0.1) is 0 Å². The zero-order chi connectivity index (χ0) is 44.1. The van der Waals surface area contributed by atoms with Crippen molar-refractivity contribution in [1.29, 1.82) is 0 Å². The van der Waals surface area contributed by atoms with Crippen LogP contribution in [0.4, 0.5) is 4.79 Å². The minimum Gasteiger partial charge on any atom is -0.463 e. The average molecular weight is 881 g/mol. The van der Waals surface area contributed by atoms with Crippen molar-refractivity contribution in [1.82, 2.24) is 31.9 Å². The second-order valence-corrected chi connectivity index (χ2v) is 15.2. The van der Waals surface area contributed by atoms with Crippen molar-refractivity contribution in [3.05, 3.63) is 0 Å². The first-order valence-corrected chi connectivity index (χ1v) is 20.9. The minimum atomic E-state index is -4.71. The molecule has 2 unspecified atom stereocenters. The van der Waals surface area contributed by atoms with Gasteiger partial charge in [0, 0.05) is 53.6 Å². The Morgan fingerprint density at radius 3 is 1.22 bits per heavy atom. The molecule has 0 aromatic rings. The summed E-state index contributed by atoms with van der Waals surface area (Å²) in [6.07, 6.45) is -0.238. The van der Waals surface area contributed by atoms with E-state index in [9.17, 15) is 52.5 Å². The molecule has 25 nitrogen and oxygen atoms in total. The molecule has 0 heterocycles. The molecule has 0 aliphatic heterocycles.